The van der Waals surface area contributed by atoms with Crippen molar-refractivity contribution in [3.05, 3.63) is 84.1 Å². The minimum absolute atomic E-state index is 0.126. The number of benzene rings is 2. The van der Waals surface area contributed by atoms with Crippen LogP contribution in [-0.2, 0) is 11.2 Å². The number of fused-ring (bicyclic) bond motifs is 1. The summed E-state index contributed by atoms with van der Waals surface area (Å²) in [5.41, 5.74) is 2.39. The number of hydrogen-bond donors (Lipinski definition) is 1. The van der Waals surface area contributed by atoms with Crippen molar-refractivity contribution < 1.29 is 23.8 Å². The van der Waals surface area contributed by atoms with Crippen molar-refractivity contribution in [2.75, 3.05) is 45.0 Å². The smallest absolute Gasteiger partial charge is 0.254 e. The van der Waals surface area contributed by atoms with Crippen LogP contribution in [0.4, 0.5) is 5.82 Å². The summed E-state index contributed by atoms with van der Waals surface area (Å²) in [5, 5.41) is 3.03. The highest BCUT2D eigenvalue weighted by Crippen LogP contribution is 2.32. The van der Waals surface area contributed by atoms with E-state index < -0.39 is 0 Å². The lowest BCUT2D eigenvalue weighted by Crippen LogP contribution is -2.56. The quantitative estimate of drug-likeness (QED) is 0.317. The minimum atomic E-state index is -0.374. The number of imidazole rings is 1. The van der Waals surface area contributed by atoms with Gasteiger partial charge in [-0.15, -0.1) is 0 Å². The third-order valence-electron chi connectivity index (χ3n) is 7.56. The first-order valence-electron chi connectivity index (χ1n) is 14.2. The van der Waals surface area contributed by atoms with Crippen LogP contribution in [0.5, 0.6) is 17.2 Å². The molecule has 0 spiro atoms. The Labute approximate surface area is 249 Å². The van der Waals surface area contributed by atoms with Crippen LogP contribution in [0.15, 0.2) is 67.3 Å². The number of rotatable bonds is 9. The summed E-state index contributed by atoms with van der Waals surface area (Å²) in [6.45, 7) is 4.03. The molecule has 1 unspecified atom stereocenters. The molecule has 2 aliphatic heterocycles. The van der Waals surface area contributed by atoms with Gasteiger partial charge < -0.3 is 29.3 Å². The molecule has 4 heterocycles. The molecule has 0 saturated carbocycles. The van der Waals surface area contributed by atoms with E-state index >= 15 is 0 Å². The molecule has 1 saturated heterocycles. The fourth-order valence-electron chi connectivity index (χ4n) is 5.33. The Morgan fingerprint density at radius 2 is 1.88 bits per heavy atom. The van der Waals surface area contributed by atoms with Gasteiger partial charge in [-0.1, -0.05) is 6.07 Å². The monoisotopic (exact) mass is 583 g/mol. The molecule has 1 atom stereocenters. The molecule has 4 aromatic rings. The molecule has 2 aliphatic rings. The Hall–Kier alpha value is -5.13. The first-order valence-corrected chi connectivity index (χ1v) is 14.2. The van der Waals surface area contributed by atoms with Gasteiger partial charge in [-0.3, -0.25) is 14.2 Å². The fraction of sp³-hybridized carbons (Fsp3) is 0.323. The number of nitrogens with one attached hydrogen (secondary N) is 1. The third-order valence-corrected chi connectivity index (χ3v) is 7.56. The molecular weight excluding hydrogens is 550 g/mol. The van der Waals surface area contributed by atoms with Crippen LogP contribution in [0.2, 0.25) is 0 Å². The number of anilines is 1. The topological polar surface area (TPSA) is 124 Å². The number of methoxy groups -OCH3 is 1. The third kappa shape index (κ3) is 6.37. The molecule has 1 fully saturated rings. The van der Waals surface area contributed by atoms with Crippen LogP contribution in [-0.4, -0.2) is 82.4 Å². The Morgan fingerprint density at radius 1 is 1.05 bits per heavy atom. The van der Waals surface area contributed by atoms with E-state index in [-0.39, 0.29) is 31.1 Å². The molecule has 0 bridgehead atoms. The first-order chi connectivity index (χ1) is 21.0. The Kier molecular flexibility index (Phi) is 8.07. The largest absolute Gasteiger partial charge is 0.497 e. The minimum Gasteiger partial charge on any atom is -0.497 e. The van der Waals surface area contributed by atoms with E-state index in [0.29, 0.717) is 49.9 Å². The molecule has 12 nitrogen and oxygen atoms in total. The lowest BCUT2D eigenvalue weighted by Gasteiger charge is -2.42. The van der Waals surface area contributed by atoms with Crippen molar-refractivity contribution in [2.24, 2.45) is 0 Å². The standard InChI is InChI=1S/C31H33N7O5/c1-21-15-28(35-31(34-21)37-12-11-32-19-37)36-13-14-38(30(40)23-4-6-25(41-2)7-5-23)24(18-36)17-29(39)33-10-9-22-3-8-26-27(16-22)43-20-42-26/h3-8,11-12,15-16,19,24H,9-10,13-14,17-18,20H2,1-2H3,(H,33,39). The highest BCUT2D eigenvalue weighted by molar-refractivity contribution is 5.95. The zero-order chi connectivity index (χ0) is 29.8. The van der Waals surface area contributed by atoms with Gasteiger partial charge >= 0.3 is 0 Å². The predicted molar refractivity (Wildman–Crippen MR) is 158 cm³/mol. The fourth-order valence-corrected chi connectivity index (χ4v) is 5.33. The molecule has 0 radical (unpaired) electrons. The molecule has 2 aromatic carbocycles. The number of piperazine rings is 1. The van der Waals surface area contributed by atoms with Gasteiger partial charge in [0.15, 0.2) is 11.5 Å². The van der Waals surface area contributed by atoms with Crippen LogP contribution in [0.1, 0.15) is 28.0 Å². The number of amides is 2. The molecule has 6 rings (SSSR count). The van der Waals surface area contributed by atoms with E-state index in [9.17, 15) is 9.59 Å². The van der Waals surface area contributed by atoms with E-state index in [1.54, 1.807) is 59.6 Å². The van der Waals surface area contributed by atoms with E-state index in [4.69, 9.17) is 19.2 Å². The molecule has 12 heteroatoms. The number of nitrogens with zero attached hydrogens (tertiary/aromatic N) is 6. The second kappa shape index (κ2) is 12.4. The van der Waals surface area contributed by atoms with Gasteiger partial charge in [-0.25, -0.2) is 9.97 Å². The number of aryl methyl sites for hydroxylation is 1. The molecule has 222 valence electrons. The van der Waals surface area contributed by atoms with Crippen molar-refractivity contribution in [1.29, 1.82) is 0 Å². The second-order valence-electron chi connectivity index (χ2n) is 10.5. The molecule has 2 amide bonds. The Morgan fingerprint density at radius 3 is 2.67 bits per heavy atom. The van der Waals surface area contributed by atoms with Gasteiger partial charge in [0.2, 0.25) is 18.6 Å². The van der Waals surface area contributed by atoms with E-state index in [1.165, 1.54) is 0 Å². The number of hydrogen-bond acceptors (Lipinski definition) is 9. The molecule has 43 heavy (non-hydrogen) atoms. The van der Waals surface area contributed by atoms with E-state index in [2.05, 4.69) is 20.2 Å². The van der Waals surface area contributed by atoms with Gasteiger partial charge in [-0.2, -0.15) is 4.98 Å². The summed E-state index contributed by atoms with van der Waals surface area (Å²) in [4.78, 5) is 44.2. The summed E-state index contributed by atoms with van der Waals surface area (Å²) in [6.07, 6.45) is 5.92. The zero-order valence-electron chi connectivity index (χ0n) is 24.1. The summed E-state index contributed by atoms with van der Waals surface area (Å²) < 4.78 is 17.8. The van der Waals surface area contributed by atoms with Crippen molar-refractivity contribution in [3.63, 3.8) is 0 Å². The number of carbonyl (C=O) groups excluding carboxylic acids is 2. The normalized spacial score (nSPS) is 15.8. The summed E-state index contributed by atoms with van der Waals surface area (Å²) in [6, 6.07) is 14.4. The lowest BCUT2D eigenvalue weighted by atomic mass is 10.0. The SMILES string of the molecule is COc1ccc(C(=O)N2CCN(c3cc(C)nc(-n4ccnc4)n3)CC2CC(=O)NCCc2ccc3c(c2)OCO3)cc1. The highest BCUT2D eigenvalue weighted by atomic mass is 16.7. The second-order valence-corrected chi connectivity index (χ2v) is 10.5. The van der Waals surface area contributed by atoms with Crippen molar-refractivity contribution in [1.82, 2.24) is 29.7 Å². The van der Waals surface area contributed by atoms with Crippen LogP contribution < -0.4 is 24.4 Å². The Balaban J connectivity index is 1.17. The van der Waals surface area contributed by atoms with E-state index in [0.717, 1.165) is 28.6 Å². The lowest BCUT2D eigenvalue weighted by molar-refractivity contribution is -0.122. The Bertz CT molecular complexity index is 1590. The van der Waals surface area contributed by atoms with Gasteiger partial charge in [0.1, 0.15) is 17.9 Å². The maximum atomic E-state index is 13.7. The predicted octanol–water partition coefficient (Wildman–Crippen LogP) is 2.79. The zero-order valence-corrected chi connectivity index (χ0v) is 24.1. The number of ether oxygens (including phenoxy) is 3. The number of aromatic nitrogens is 4. The summed E-state index contributed by atoms with van der Waals surface area (Å²) >= 11 is 0. The van der Waals surface area contributed by atoms with Crippen molar-refractivity contribution in [3.8, 4) is 23.2 Å². The van der Waals surface area contributed by atoms with Gasteiger partial charge in [0.25, 0.3) is 5.91 Å². The van der Waals surface area contributed by atoms with Crippen LogP contribution in [0.3, 0.4) is 0 Å². The van der Waals surface area contributed by atoms with Gasteiger partial charge in [0, 0.05) is 62.3 Å². The van der Waals surface area contributed by atoms with Gasteiger partial charge in [-0.05, 0) is 55.3 Å². The average molecular weight is 584 g/mol. The molecule has 0 aliphatic carbocycles. The molecule has 1 N–H and O–H groups in total. The number of carbonyl (C=O) groups is 2. The average Bonchev–Trinajstić information content (AvgIpc) is 3.73. The summed E-state index contributed by atoms with van der Waals surface area (Å²) in [7, 11) is 1.59. The maximum Gasteiger partial charge on any atom is 0.254 e. The highest BCUT2D eigenvalue weighted by Gasteiger charge is 2.33. The maximum absolute atomic E-state index is 13.7. The first kappa shape index (κ1) is 28.0. The molecule has 2 aromatic heterocycles. The van der Waals surface area contributed by atoms with Crippen LogP contribution >= 0.6 is 0 Å². The van der Waals surface area contributed by atoms with Crippen LogP contribution in [0.25, 0.3) is 5.95 Å². The van der Waals surface area contributed by atoms with Crippen molar-refractivity contribution >= 4 is 17.6 Å². The molecular formula is C31H33N7O5. The van der Waals surface area contributed by atoms with Crippen LogP contribution in [0, 0.1) is 6.92 Å². The van der Waals surface area contributed by atoms with Crippen molar-refractivity contribution in [2.45, 2.75) is 25.8 Å². The summed E-state index contributed by atoms with van der Waals surface area (Å²) in [5.74, 6) is 3.12. The van der Waals surface area contributed by atoms with Gasteiger partial charge in [0.05, 0.1) is 13.2 Å². The van der Waals surface area contributed by atoms with E-state index in [1.807, 2.05) is 31.2 Å².